The molecular weight excluding hydrogens is 148 g/mol. The molecule has 1 saturated heterocycles. The van der Waals surface area contributed by atoms with Gasteiger partial charge in [0.1, 0.15) is 0 Å². The predicted molar refractivity (Wildman–Crippen MR) is 52.3 cm³/mol. The molecule has 12 heavy (non-hydrogen) atoms. The van der Waals surface area contributed by atoms with Crippen molar-refractivity contribution in [1.29, 1.82) is 0 Å². The molecule has 2 N–H and O–H groups in total. The van der Waals surface area contributed by atoms with Crippen molar-refractivity contribution in [2.45, 2.75) is 19.4 Å². The third-order valence-electron chi connectivity index (χ3n) is 2.52. The fraction of sp³-hybridized carbons (Fsp3) is 0.400. The zero-order valence-corrected chi connectivity index (χ0v) is 7.33. The average Bonchev–Trinajstić information content (AvgIpc) is 2.02. The van der Waals surface area contributed by atoms with E-state index in [9.17, 15) is 0 Å². The molecule has 2 rings (SSSR count). The van der Waals surface area contributed by atoms with Crippen molar-refractivity contribution < 1.29 is 0 Å². The molecule has 1 aliphatic rings. The molecule has 1 aromatic rings. The Hall–Kier alpha value is -1.18. The lowest BCUT2D eigenvalue weighted by Gasteiger charge is -2.40. The van der Waals surface area contributed by atoms with Crippen LogP contribution in [0.4, 0.5) is 11.4 Å². The number of nitrogens with two attached hydrogens (primary N) is 1. The zero-order valence-electron chi connectivity index (χ0n) is 7.33. The van der Waals surface area contributed by atoms with Crippen molar-refractivity contribution in [3.8, 4) is 0 Å². The summed E-state index contributed by atoms with van der Waals surface area (Å²) in [6.45, 7) is 3.41. The van der Waals surface area contributed by atoms with E-state index in [0.717, 1.165) is 5.69 Å². The van der Waals surface area contributed by atoms with Crippen molar-refractivity contribution in [1.82, 2.24) is 0 Å². The monoisotopic (exact) mass is 162 g/mol. The van der Waals surface area contributed by atoms with Gasteiger partial charge in [-0.3, -0.25) is 0 Å². The van der Waals surface area contributed by atoms with Crippen molar-refractivity contribution in [2.24, 2.45) is 0 Å². The molecule has 0 aliphatic carbocycles. The topological polar surface area (TPSA) is 29.3 Å². The predicted octanol–water partition coefficient (Wildman–Crippen LogP) is 1.87. The van der Waals surface area contributed by atoms with E-state index >= 15 is 0 Å². The van der Waals surface area contributed by atoms with Crippen molar-refractivity contribution in [2.75, 3.05) is 17.2 Å². The molecule has 2 heteroatoms. The van der Waals surface area contributed by atoms with Crippen LogP contribution in [0, 0.1) is 0 Å². The summed E-state index contributed by atoms with van der Waals surface area (Å²) in [6, 6.07) is 8.78. The van der Waals surface area contributed by atoms with Crippen molar-refractivity contribution >= 4 is 11.4 Å². The van der Waals surface area contributed by atoms with Crippen LogP contribution < -0.4 is 10.6 Å². The van der Waals surface area contributed by atoms with Crippen LogP contribution in [0.15, 0.2) is 24.3 Å². The molecule has 1 unspecified atom stereocenters. The Labute approximate surface area is 73.0 Å². The molecule has 0 saturated carbocycles. The number of anilines is 2. The second-order valence-corrected chi connectivity index (χ2v) is 3.43. The minimum atomic E-state index is 0.687. The third kappa shape index (κ3) is 1.13. The Kier molecular flexibility index (Phi) is 1.68. The fourth-order valence-corrected chi connectivity index (χ4v) is 1.60. The quantitative estimate of drug-likeness (QED) is 0.639. The number of rotatable bonds is 1. The molecular formula is C10H14N2. The molecule has 2 nitrogen and oxygen atoms in total. The van der Waals surface area contributed by atoms with Crippen LogP contribution in [-0.4, -0.2) is 12.6 Å². The standard InChI is InChI=1S/C10H14N2/c1-8-5-6-12(8)10-4-2-3-9(11)7-10/h2-4,7-8H,5-6,11H2,1H3. The van der Waals surface area contributed by atoms with Crippen LogP contribution in [-0.2, 0) is 0 Å². The molecule has 64 valence electrons. The van der Waals surface area contributed by atoms with E-state index in [0.29, 0.717) is 6.04 Å². The second kappa shape index (κ2) is 2.70. The highest BCUT2D eigenvalue weighted by Gasteiger charge is 2.23. The first-order chi connectivity index (χ1) is 5.77. The largest absolute Gasteiger partial charge is 0.399 e. The molecule has 0 radical (unpaired) electrons. The molecule has 1 heterocycles. The van der Waals surface area contributed by atoms with Crippen molar-refractivity contribution in [3.05, 3.63) is 24.3 Å². The third-order valence-corrected chi connectivity index (χ3v) is 2.52. The van der Waals surface area contributed by atoms with E-state index in [4.69, 9.17) is 5.73 Å². The smallest absolute Gasteiger partial charge is 0.0389 e. The minimum absolute atomic E-state index is 0.687. The van der Waals surface area contributed by atoms with E-state index in [1.807, 2.05) is 18.2 Å². The molecule has 0 amide bonds. The van der Waals surface area contributed by atoms with E-state index in [1.165, 1.54) is 18.7 Å². The maximum absolute atomic E-state index is 5.69. The zero-order chi connectivity index (χ0) is 8.55. The van der Waals surface area contributed by atoms with Gasteiger partial charge in [-0.25, -0.2) is 0 Å². The Bertz CT molecular complexity index is 283. The van der Waals surface area contributed by atoms with Crippen LogP contribution in [0.3, 0.4) is 0 Å². The van der Waals surface area contributed by atoms with Gasteiger partial charge >= 0.3 is 0 Å². The van der Waals surface area contributed by atoms with Gasteiger partial charge in [-0.05, 0) is 31.5 Å². The van der Waals surface area contributed by atoms with Gasteiger partial charge in [0.2, 0.25) is 0 Å². The van der Waals surface area contributed by atoms with Crippen LogP contribution >= 0.6 is 0 Å². The molecule has 1 aromatic carbocycles. The summed E-state index contributed by atoms with van der Waals surface area (Å²) in [4.78, 5) is 2.37. The molecule has 1 aliphatic heterocycles. The first-order valence-electron chi connectivity index (χ1n) is 4.39. The number of nitrogens with zero attached hydrogens (tertiary/aromatic N) is 1. The first kappa shape index (κ1) is 7.47. The van der Waals surface area contributed by atoms with Gasteiger partial charge in [0.05, 0.1) is 0 Å². The highest BCUT2D eigenvalue weighted by molar-refractivity contribution is 5.57. The lowest BCUT2D eigenvalue weighted by Crippen LogP contribution is -2.45. The summed E-state index contributed by atoms with van der Waals surface area (Å²) in [7, 11) is 0. The normalized spacial score (nSPS) is 22.1. The maximum Gasteiger partial charge on any atom is 0.0389 e. The van der Waals surface area contributed by atoms with E-state index in [2.05, 4.69) is 17.9 Å². The van der Waals surface area contributed by atoms with Crippen LogP contribution in [0.2, 0.25) is 0 Å². The summed E-state index contributed by atoms with van der Waals surface area (Å²) in [5, 5.41) is 0. The fourth-order valence-electron chi connectivity index (χ4n) is 1.60. The van der Waals surface area contributed by atoms with Gasteiger partial charge in [0.25, 0.3) is 0 Å². The Morgan fingerprint density at radius 2 is 2.33 bits per heavy atom. The summed E-state index contributed by atoms with van der Waals surface area (Å²) < 4.78 is 0. The number of nitrogen functional groups attached to an aromatic ring is 1. The summed E-state index contributed by atoms with van der Waals surface area (Å²) >= 11 is 0. The number of hydrogen-bond donors (Lipinski definition) is 1. The summed E-state index contributed by atoms with van der Waals surface area (Å²) in [5.74, 6) is 0. The van der Waals surface area contributed by atoms with Gasteiger partial charge in [-0.15, -0.1) is 0 Å². The first-order valence-corrected chi connectivity index (χ1v) is 4.39. The van der Waals surface area contributed by atoms with Gasteiger partial charge < -0.3 is 10.6 Å². The molecule has 0 spiro atoms. The van der Waals surface area contributed by atoms with E-state index in [-0.39, 0.29) is 0 Å². The SMILES string of the molecule is CC1CCN1c1cccc(N)c1. The molecule has 1 atom stereocenters. The summed E-state index contributed by atoms with van der Waals surface area (Å²) in [5.41, 5.74) is 7.81. The molecule has 0 aromatic heterocycles. The molecule has 0 bridgehead atoms. The highest BCUT2D eigenvalue weighted by Crippen LogP contribution is 2.26. The van der Waals surface area contributed by atoms with Crippen molar-refractivity contribution in [3.63, 3.8) is 0 Å². The lowest BCUT2D eigenvalue weighted by atomic mass is 10.0. The Morgan fingerprint density at radius 3 is 2.83 bits per heavy atom. The van der Waals surface area contributed by atoms with Gasteiger partial charge in [-0.1, -0.05) is 6.07 Å². The average molecular weight is 162 g/mol. The van der Waals surface area contributed by atoms with Crippen LogP contribution in [0.25, 0.3) is 0 Å². The van der Waals surface area contributed by atoms with E-state index < -0.39 is 0 Å². The Morgan fingerprint density at radius 1 is 1.50 bits per heavy atom. The van der Waals surface area contributed by atoms with E-state index in [1.54, 1.807) is 0 Å². The summed E-state index contributed by atoms with van der Waals surface area (Å²) in [6.07, 6.45) is 1.30. The Balaban J connectivity index is 2.22. The van der Waals surface area contributed by atoms with Gasteiger partial charge in [0.15, 0.2) is 0 Å². The minimum Gasteiger partial charge on any atom is -0.399 e. The van der Waals surface area contributed by atoms with Crippen LogP contribution in [0.1, 0.15) is 13.3 Å². The number of hydrogen-bond acceptors (Lipinski definition) is 2. The highest BCUT2D eigenvalue weighted by atomic mass is 15.2. The maximum atomic E-state index is 5.69. The van der Waals surface area contributed by atoms with Gasteiger partial charge in [0, 0.05) is 24.0 Å². The second-order valence-electron chi connectivity index (χ2n) is 3.43. The van der Waals surface area contributed by atoms with Gasteiger partial charge in [-0.2, -0.15) is 0 Å². The lowest BCUT2D eigenvalue weighted by molar-refractivity contribution is 0.481. The van der Waals surface area contributed by atoms with Crippen LogP contribution in [0.5, 0.6) is 0 Å². The number of benzene rings is 1. The molecule has 1 fully saturated rings.